The number of halogens is 1. The molecule has 20 heavy (non-hydrogen) atoms. The Morgan fingerprint density at radius 3 is 2.95 bits per heavy atom. The molecule has 2 N–H and O–H groups in total. The van der Waals surface area contributed by atoms with E-state index in [0.29, 0.717) is 24.0 Å². The van der Waals surface area contributed by atoms with Gasteiger partial charge in [0.1, 0.15) is 15.6 Å². The van der Waals surface area contributed by atoms with Crippen molar-refractivity contribution in [3.05, 3.63) is 33.5 Å². The summed E-state index contributed by atoms with van der Waals surface area (Å²) in [5.41, 5.74) is 7.07. The third-order valence-electron chi connectivity index (χ3n) is 2.61. The number of pyridine rings is 1. The van der Waals surface area contributed by atoms with Gasteiger partial charge in [-0.15, -0.1) is 11.3 Å². The molecule has 0 spiro atoms. The molecule has 0 fully saturated rings. The van der Waals surface area contributed by atoms with Gasteiger partial charge in [-0.25, -0.2) is 4.98 Å². The van der Waals surface area contributed by atoms with E-state index in [-0.39, 0.29) is 0 Å². The quantitative estimate of drug-likeness (QED) is 0.779. The second-order valence-electron chi connectivity index (χ2n) is 3.98. The van der Waals surface area contributed by atoms with E-state index >= 15 is 0 Å². The van der Waals surface area contributed by atoms with Gasteiger partial charge in [-0.2, -0.15) is 4.98 Å². The number of hydrogen-bond donors (Lipinski definition) is 1. The third kappa shape index (κ3) is 2.37. The minimum absolute atomic E-state index is 0.401. The second-order valence-corrected chi connectivity index (χ2v) is 5.92. The first-order valence-corrected chi connectivity index (χ1v) is 7.41. The first kappa shape index (κ1) is 13.3. The van der Waals surface area contributed by atoms with Crippen molar-refractivity contribution in [1.82, 2.24) is 20.1 Å². The van der Waals surface area contributed by atoms with Crippen LogP contribution >= 0.6 is 27.3 Å². The molecule has 0 aromatic carbocycles. The molecule has 0 saturated carbocycles. The van der Waals surface area contributed by atoms with E-state index in [4.69, 9.17) is 10.3 Å². The molecule has 0 amide bonds. The highest BCUT2D eigenvalue weighted by molar-refractivity contribution is 9.10. The summed E-state index contributed by atoms with van der Waals surface area (Å²) < 4.78 is 6.12. The molecule has 0 aliphatic rings. The Labute approximate surface area is 127 Å². The van der Waals surface area contributed by atoms with Crippen LogP contribution < -0.4 is 5.73 Å². The van der Waals surface area contributed by atoms with Crippen molar-refractivity contribution >= 4 is 27.3 Å². The van der Waals surface area contributed by atoms with Gasteiger partial charge >= 0.3 is 0 Å². The number of rotatable bonds is 3. The van der Waals surface area contributed by atoms with Crippen molar-refractivity contribution in [2.45, 2.75) is 13.5 Å². The van der Waals surface area contributed by atoms with Crippen molar-refractivity contribution in [1.29, 1.82) is 0 Å². The van der Waals surface area contributed by atoms with Crippen LogP contribution in [0.15, 0.2) is 27.3 Å². The van der Waals surface area contributed by atoms with Gasteiger partial charge in [0, 0.05) is 17.2 Å². The lowest BCUT2D eigenvalue weighted by molar-refractivity contribution is 0.432. The van der Waals surface area contributed by atoms with Crippen LogP contribution in [0.2, 0.25) is 0 Å². The third-order valence-corrected chi connectivity index (χ3v) is 4.41. The fourth-order valence-corrected chi connectivity index (χ4v) is 3.00. The van der Waals surface area contributed by atoms with E-state index in [0.717, 1.165) is 20.1 Å². The summed E-state index contributed by atoms with van der Waals surface area (Å²) in [5, 5.41) is 4.81. The van der Waals surface area contributed by atoms with Crippen LogP contribution in [-0.2, 0) is 6.54 Å². The van der Waals surface area contributed by atoms with Crippen LogP contribution in [0.5, 0.6) is 0 Å². The van der Waals surface area contributed by atoms with Crippen molar-refractivity contribution in [2.24, 2.45) is 5.73 Å². The summed E-state index contributed by atoms with van der Waals surface area (Å²) >= 11 is 4.88. The zero-order chi connectivity index (χ0) is 14.1. The number of aryl methyl sites for hydroxylation is 1. The van der Waals surface area contributed by atoms with E-state index in [1.807, 2.05) is 19.1 Å². The summed E-state index contributed by atoms with van der Waals surface area (Å²) in [5.74, 6) is 0.877. The summed E-state index contributed by atoms with van der Waals surface area (Å²) in [6.07, 6.45) is 1.68. The molecular weight excluding hydrogens is 342 g/mol. The van der Waals surface area contributed by atoms with Crippen molar-refractivity contribution in [2.75, 3.05) is 0 Å². The van der Waals surface area contributed by atoms with Crippen LogP contribution in [0.25, 0.3) is 22.3 Å². The Morgan fingerprint density at radius 2 is 2.25 bits per heavy atom. The number of nitrogens with two attached hydrogens (primary N) is 1. The Kier molecular flexibility index (Phi) is 3.60. The average Bonchev–Trinajstić information content (AvgIpc) is 3.05. The summed E-state index contributed by atoms with van der Waals surface area (Å²) in [7, 11) is 0. The van der Waals surface area contributed by atoms with Crippen LogP contribution in [0, 0.1) is 6.92 Å². The molecule has 0 bridgehead atoms. The minimum Gasteiger partial charge on any atom is -0.333 e. The highest BCUT2D eigenvalue weighted by Gasteiger charge is 2.18. The fourth-order valence-electron chi connectivity index (χ4n) is 1.70. The lowest BCUT2D eigenvalue weighted by Crippen LogP contribution is -1.94. The largest absolute Gasteiger partial charge is 0.333 e. The van der Waals surface area contributed by atoms with Crippen molar-refractivity contribution in [3.8, 4) is 22.3 Å². The maximum absolute atomic E-state index is 5.59. The molecule has 0 aliphatic heterocycles. The molecule has 0 unspecified atom stereocenters. The lowest BCUT2D eigenvalue weighted by Gasteiger charge is -1.95. The first-order chi connectivity index (χ1) is 9.69. The standard InChI is InChI=1S/C12H10BrN5OS/c1-6-10(20-8(5-14)16-6)12-17-11(18-19-12)9-7(13)3-2-4-15-9/h2-4H,5,14H2,1H3. The Morgan fingerprint density at radius 1 is 1.40 bits per heavy atom. The summed E-state index contributed by atoms with van der Waals surface area (Å²) in [6.45, 7) is 2.30. The molecule has 8 heteroatoms. The molecular formula is C12H10BrN5OS. The van der Waals surface area contributed by atoms with Gasteiger partial charge in [0.25, 0.3) is 5.89 Å². The highest BCUT2D eigenvalue weighted by atomic mass is 79.9. The molecule has 0 atom stereocenters. The van der Waals surface area contributed by atoms with Gasteiger partial charge in [-0.3, -0.25) is 4.98 Å². The Hall–Kier alpha value is -1.64. The Bertz CT molecular complexity index is 754. The minimum atomic E-state index is 0.401. The maximum Gasteiger partial charge on any atom is 0.270 e. The summed E-state index contributed by atoms with van der Waals surface area (Å²) in [4.78, 5) is 13.8. The molecule has 0 aliphatic carbocycles. The highest BCUT2D eigenvalue weighted by Crippen LogP contribution is 2.31. The predicted molar refractivity (Wildman–Crippen MR) is 79.0 cm³/mol. The molecule has 3 aromatic heterocycles. The number of thiazole rings is 1. The summed E-state index contributed by atoms with van der Waals surface area (Å²) in [6, 6.07) is 3.71. The van der Waals surface area contributed by atoms with Gasteiger partial charge in [0.05, 0.1) is 5.69 Å². The lowest BCUT2D eigenvalue weighted by atomic mass is 10.3. The first-order valence-electron chi connectivity index (χ1n) is 5.80. The molecule has 6 nitrogen and oxygen atoms in total. The van der Waals surface area contributed by atoms with Crippen LogP contribution in [-0.4, -0.2) is 20.1 Å². The Balaban J connectivity index is 2.02. The number of nitrogens with zero attached hydrogens (tertiary/aromatic N) is 4. The fraction of sp³-hybridized carbons (Fsp3) is 0.167. The SMILES string of the molecule is Cc1nc(CN)sc1-c1nc(-c2ncccc2Br)no1. The predicted octanol–water partition coefficient (Wildman–Crippen LogP) is 2.78. The van der Waals surface area contributed by atoms with Crippen molar-refractivity contribution < 1.29 is 4.52 Å². The van der Waals surface area contributed by atoms with Crippen molar-refractivity contribution in [3.63, 3.8) is 0 Å². The monoisotopic (exact) mass is 351 g/mol. The van der Waals surface area contributed by atoms with Crippen LogP contribution in [0.1, 0.15) is 10.7 Å². The molecule has 0 saturated heterocycles. The molecule has 3 rings (SSSR count). The molecule has 0 radical (unpaired) electrons. The van der Waals surface area contributed by atoms with Crippen LogP contribution in [0.3, 0.4) is 0 Å². The van der Waals surface area contributed by atoms with E-state index in [1.165, 1.54) is 11.3 Å². The van der Waals surface area contributed by atoms with Gasteiger partial charge < -0.3 is 10.3 Å². The zero-order valence-corrected chi connectivity index (χ0v) is 12.9. The average molecular weight is 352 g/mol. The van der Waals surface area contributed by atoms with E-state index in [2.05, 4.69) is 36.0 Å². The van der Waals surface area contributed by atoms with Gasteiger partial charge in [-0.05, 0) is 35.0 Å². The van der Waals surface area contributed by atoms with Gasteiger partial charge in [0.2, 0.25) is 5.82 Å². The zero-order valence-electron chi connectivity index (χ0n) is 10.5. The number of hydrogen-bond acceptors (Lipinski definition) is 7. The van der Waals surface area contributed by atoms with Gasteiger partial charge in [-0.1, -0.05) is 5.16 Å². The number of aromatic nitrogens is 4. The van der Waals surface area contributed by atoms with E-state index in [9.17, 15) is 0 Å². The topological polar surface area (TPSA) is 90.7 Å². The second kappa shape index (κ2) is 5.39. The van der Waals surface area contributed by atoms with Gasteiger partial charge in [0.15, 0.2) is 0 Å². The molecule has 3 aromatic rings. The van der Waals surface area contributed by atoms with Crippen LogP contribution in [0.4, 0.5) is 0 Å². The van der Waals surface area contributed by atoms with E-state index < -0.39 is 0 Å². The molecule has 3 heterocycles. The maximum atomic E-state index is 5.59. The van der Waals surface area contributed by atoms with E-state index in [1.54, 1.807) is 6.20 Å². The molecule has 102 valence electrons. The smallest absolute Gasteiger partial charge is 0.270 e. The normalized spacial score (nSPS) is 10.9.